The summed E-state index contributed by atoms with van der Waals surface area (Å²) in [6.07, 6.45) is 54.8. The number of aliphatic hydroxyl groups excluding tert-OH is 5. The molecule has 0 bridgehead atoms. The van der Waals surface area contributed by atoms with Crippen LogP contribution in [0.1, 0.15) is 310 Å². The van der Waals surface area contributed by atoms with Gasteiger partial charge in [0.1, 0.15) is 24.4 Å². The van der Waals surface area contributed by atoms with Crippen LogP contribution in [-0.2, 0) is 23.8 Å². The van der Waals surface area contributed by atoms with Gasteiger partial charge in [-0.3, -0.25) is 9.59 Å². The molecule has 1 fully saturated rings. The fraction of sp³-hybridized carbons (Fsp3) is 0.879. The summed E-state index contributed by atoms with van der Waals surface area (Å²) in [6, 6.07) is -1.02. The smallest absolute Gasteiger partial charge is 0.306 e. The minimum Gasteiger partial charge on any atom is -0.454 e. The number of nitrogens with one attached hydrogen (secondary N) is 1. The first-order valence-electron chi connectivity index (χ1n) is 32.8. The van der Waals surface area contributed by atoms with Gasteiger partial charge in [0.15, 0.2) is 12.4 Å². The quantitative estimate of drug-likeness (QED) is 0.0149. The van der Waals surface area contributed by atoms with Gasteiger partial charge >= 0.3 is 5.97 Å². The largest absolute Gasteiger partial charge is 0.454 e. The number of carbonyl (C=O) groups is 2. The van der Waals surface area contributed by atoms with Crippen molar-refractivity contribution in [2.45, 2.75) is 359 Å². The number of esters is 1. The molecule has 0 aromatic heterocycles. The molecule has 0 aliphatic carbocycles. The lowest BCUT2D eigenvalue weighted by Crippen LogP contribution is -2.61. The molecule has 1 amide bonds. The van der Waals surface area contributed by atoms with E-state index in [4.69, 9.17) is 14.2 Å². The van der Waals surface area contributed by atoms with Crippen LogP contribution in [0.25, 0.3) is 0 Å². The van der Waals surface area contributed by atoms with Gasteiger partial charge in [-0.25, -0.2) is 0 Å². The summed E-state index contributed by atoms with van der Waals surface area (Å²) in [5, 5.41) is 57.0. The van der Waals surface area contributed by atoms with Gasteiger partial charge in [0, 0.05) is 6.42 Å². The molecule has 8 unspecified atom stereocenters. The fourth-order valence-electron chi connectivity index (χ4n) is 10.4. The zero-order chi connectivity index (χ0) is 56.1. The summed E-state index contributed by atoms with van der Waals surface area (Å²) in [6.45, 7) is 5.78. The Morgan fingerprint density at radius 3 is 1.32 bits per heavy atom. The molecular weight excluding hydrogens is 967 g/mol. The number of allylic oxidation sites excluding steroid dienone is 5. The predicted molar refractivity (Wildman–Crippen MR) is 320 cm³/mol. The lowest BCUT2D eigenvalue weighted by Gasteiger charge is -2.41. The van der Waals surface area contributed by atoms with Crippen molar-refractivity contribution in [2.75, 3.05) is 13.2 Å². The van der Waals surface area contributed by atoms with E-state index in [2.05, 4.69) is 50.4 Å². The normalized spacial score (nSPS) is 19.2. The van der Waals surface area contributed by atoms with Crippen molar-refractivity contribution in [2.24, 2.45) is 0 Å². The Hall–Kier alpha value is -2.12. The Balaban J connectivity index is 2.60. The number of aliphatic hydroxyl groups is 5. The molecule has 1 rings (SSSR count). The van der Waals surface area contributed by atoms with Gasteiger partial charge in [-0.05, 0) is 51.4 Å². The van der Waals surface area contributed by atoms with Gasteiger partial charge in [0.25, 0.3) is 0 Å². The minimum absolute atomic E-state index is 0.113. The third kappa shape index (κ3) is 42.4. The molecule has 77 heavy (non-hydrogen) atoms. The number of ether oxygens (including phenoxy) is 3. The van der Waals surface area contributed by atoms with E-state index in [1.165, 1.54) is 180 Å². The van der Waals surface area contributed by atoms with Crippen LogP contribution < -0.4 is 5.32 Å². The van der Waals surface area contributed by atoms with E-state index in [1.54, 1.807) is 6.08 Å². The molecule has 0 spiro atoms. The first-order valence-corrected chi connectivity index (χ1v) is 32.8. The maximum absolute atomic E-state index is 13.4. The molecule has 11 heteroatoms. The van der Waals surface area contributed by atoms with Crippen LogP contribution in [0.5, 0.6) is 0 Å². The first kappa shape index (κ1) is 72.9. The molecule has 8 atom stereocenters. The number of unbranched alkanes of at least 4 members (excludes halogenated alkanes) is 39. The third-order valence-corrected chi connectivity index (χ3v) is 15.6. The highest BCUT2D eigenvalue weighted by Gasteiger charge is 2.47. The molecule has 0 aromatic carbocycles. The Morgan fingerprint density at radius 2 is 0.883 bits per heavy atom. The van der Waals surface area contributed by atoms with Crippen molar-refractivity contribution >= 4 is 11.9 Å². The van der Waals surface area contributed by atoms with Crippen molar-refractivity contribution in [1.82, 2.24) is 5.32 Å². The Bertz CT molecular complexity index is 1390. The van der Waals surface area contributed by atoms with Gasteiger partial charge in [-0.1, -0.05) is 288 Å². The summed E-state index contributed by atoms with van der Waals surface area (Å²) in [5.41, 5.74) is 0. The molecule has 0 radical (unpaired) electrons. The standard InChI is InChI=1S/C66H123NO10/c1-4-7-10-13-16-19-22-24-26-27-28-29-30-31-32-34-35-38-41-44-47-50-53-59(70)65(74)67-57(58(69)52-49-46-43-40-37-21-18-15-12-9-6-3)56-75-66-64(63(73)62(72)60(55-68)76-66)77-61(71)54-51-48-45-42-39-36-33-25-23-20-17-14-11-8-5-2/h17,20,23,25,49,52,57-60,62-64,66,68-70,72-73H,4-16,18-19,21-22,24,26-48,50-51,53-56H2,1-3H3,(H,67,74)/b20-17+,25-23+,52-49+. The van der Waals surface area contributed by atoms with Crippen molar-refractivity contribution in [1.29, 1.82) is 0 Å². The van der Waals surface area contributed by atoms with Gasteiger partial charge in [0.05, 0.1) is 25.4 Å². The number of hydrogen-bond acceptors (Lipinski definition) is 10. The summed E-state index contributed by atoms with van der Waals surface area (Å²) < 4.78 is 17.6. The van der Waals surface area contributed by atoms with Crippen LogP contribution in [0.2, 0.25) is 0 Å². The number of hydrogen-bond donors (Lipinski definition) is 6. The zero-order valence-electron chi connectivity index (χ0n) is 50.1. The molecule has 1 aliphatic heterocycles. The van der Waals surface area contributed by atoms with E-state index in [0.717, 1.165) is 83.5 Å². The topological polar surface area (TPSA) is 175 Å². The van der Waals surface area contributed by atoms with Crippen molar-refractivity contribution in [3.05, 3.63) is 36.5 Å². The van der Waals surface area contributed by atoms with Crippen LogP contribution in [-0.4, -0.2) is 99.6 Å². The van der Waals surface area contributed by atoms with Crippen molar-refractivity contribution in [3.8, 4) is 0 Å². The Labute approximate surface area is 473 Å². The average Bonchev–Trinajstić information content (AvgIpc) is 3.43. The molecule has 0 aromatic rings. The maximum Gasteiger partial charge on any atom is 0.306 e. The fourth-order valence-corrected chi connectivity index (χ4v) is 10.4. The van der Waals surface area contributed by atoms with Crippen LogP contribution in [0.3, 0.4) is 0 Å². The SMILES string of the molecule is CCCCC/C=C/C=C/CCCCCCCCC(=O)OC1C(OCC(NC(=O)C(O)CCCCCCCCCCCCCCCCCCCCCCCC)C(O)/C=C/CCCCCCCCCCC)OC(CO)C(O)C1O. The Kier molecular flexibility index (Phi) is 51.6. The lowest BCUT2D eigenvalue weighted by molar-refractivity contribution is -0.305. The van der Waals surface area contributed by atoms with E-state index in [0.29, 0.717) is 19.3 Å². The van der Waals surface area contributed by atoms with E-state index < -0.39 is 67.4 Å². The van der Waals surface area contributed by atoms with E-state index in [9.17, 15) is 35.1 Å². The zero-order valence-corrected chi connectivity index (χ0v) is 50.1. The molecule has 0 saturated carbocycles. The van der Waals surface area contributed by atoms with E-state index in [1.807, 2.05) is 6.08 Å². The van der Waals surface area contributed by atoms with Gasteiger partial charge in [-0.15, -0.1) is 0 Å². The van der Waals surface area contributed by atoms with Crippen molar-refractivity contribution in [3.63, 3.8) is 0 Å². The minimum atomic E-state index is -1.62. The van der Waals surface area contributed by atoms with Crippen LogP contribution in [0, 0.1) is 0 Å². The second-order valence-electron chi connectivity index (χ2n) is 22.9. The van der Waals surface area contributed by atoms with Gasteiger partial charge < -0.3 is 45.1 Å². The monoisotopic (exact) mass is 1090 g/mol. The molecule has 11 nitrogen and oxygen atoms in total. The number of carbonyl (C=O) groups excluding carboxylic acids is 2. The summed E-state index contributed by atoms with van der Waals surface area (Å²) in [4.78, 5) is 26.5. The third-order valence-electron chi connectivity index (χ3n) is 15.6. The summed E-state index contributed by atoms with van der Waals surface area (Å²) in [5.74, 6) is -1.20. The van der Waals surface area contributed by atoms with Crippen LogP contribution in [0.4, 0.5) is 0 Å². The number of rotatable bonds is 56. The molecular formula is C66H123NO10. The second kappa shape index (κ2) is 54.5. The van der Waals surface area contributed by atoms with Gasteiger partial charge in [0.2, 0.25) is 5.91 Å². The molecule has 1 saturated heterocycles. The second-order valence-corrected chi connectivity index (χ2v) is 22.9. The average molecular weight is 1090 g/mol. The van der Waals surface area contributed by atoms with Gasteiger partial charge in [-0.2, -0.15) is 0 Å². The summed E-state index contributed by atoms with van der Waals surface area (Å²) >= 11 is 0. The maximum atomic E-state index is 13.4. The predicted octanol–water partition coefficient (Wildman–Crippen LogP) is 15.8. The van der Waals surface area contributed by atoms with E-state index >= 15 is 0 Å². The first-order chi connectivity index (χ1) is 37.7. The number of amides is 1. The van der Waals surface area contributed by atoms with Crippen LogP contribution in [0.15, 0.2) is 36.5 Å². The molecule has 452 valence electrons. The van der Waals surface area contributed by atoms with Crippen molar-refractivity contribution < 1.29 is 49.3 Å². The molecule has 1 heterocycles. The van der Waals surface area contributed by atoms with Crippen LogP contribution >= 0.6 is 0 Å². The van der Waals surface area contributed by atoms with E-state index in [-0.39, 0.29) is 13.0 Å². The lowest BCUT2D eigenvalue weighted by atomic mass is 9.99. The highest BCUT2D eigenvalue weighted by Crippen LogP contribution is 2.26. The highest BCUT2D eigenvalue weighted by molar-refractivity contribution is 5.80. The Morgan fingerprint density at radius 1 is 0.506 bits per heavy atom. The highest BCUT2D eigenvalue weighted by atomic mass is 16.7. The summed E-state index contributed by atoms with van der Waals surface area (Å²) in [7, 11) is 0. The molecule has 1 aliphatic rings. The molecule has 6 N–H and O–H groups in total.